The molecule has 0 unspecified atom stereocenters. The lowest BCUT2D eigenvalue weighted by Gasteiger charge is -2.31. The summed E-state index contributed by atoms with van der Waals surface area (Å²) < 4.78 is 26.7. The van der Waals surface area contributed by atoms with Crippen LogP contribution in [-0.4, -0.2) is 0 Å². The van der Waals surface area contributed by atoms with Crippen LogP contribution in [-0.2, 0) is 5.41 Å². The molecule has 1 nitrogen and oxygen atoms in total. The molecule has 0 aromatic heterocycles. The molecule has 7 aromatic rings. The molecule has 0 fully saturated rings. The molecule has 216 valence electrons. The van der Waals surface area contributed by atoms with E-state index >= 15 is 0 Å². The Labute approximate surface area is 270 Å². The highest BCUT2D eigenvalue weighted by atomic mass is 15.1. The molecule has 0 N–H and O–H groups in total. The summed E-state index contributed by atoms with van der Waals surface area (Å²) in [5, 5.41) is 2.19. The summed E-state index contributed by atoms with van der Waals surface area (Å²) in [6.45, 7) is 2.19. The van der Waals surface area contributed by atoms with Gasteiger partial charge < -0.3 is 4.90 Å². The summed E-state index contributed by atoms with van der Waals surface area (Å²) in [6.07, 6.45) is 0. The van der Waals surface area contributed by atoms with Crippen molar-refractivity contribution in [3.63, 3.8) is 0 Å². The maximum atomic E-state index is 8.91. The molecular weight excluding hydrogens is 542 g/mol. The highest BCUT2D eigenvalue weighted by Gasteiger charge is 2.39. The maximum absolute atomic E-state index is 8.91. The Bertz CT molecular complexity index is 2300. The summed E-state index contributed by atoms with van der Waals surface area (Å²) in [7, 11) is 0. The van der Waals surface area contributed by atoms with Gasteiger partial charge in [0.1, 0.15) is 0 Å². The van der Waals surface area contributed by atoms with Crippen LogP contribution in [0.4, 0.5) is 17.1 Å². The fraction of sp³-hybridized carbons (Fsp3) is 0.0909. The van der Waals surface area contributed by atoms with Crippen LogP contribution < -0.4 is 4.90 Å². The lowest BCUT2D eigenvalue weighted by atomic mass is 9.81. The van der Waals surface area contributed by atoms with Gasteiger partial charge >= 0.3 is 0 Å². The van der Waals surface area contributed by atoms with Gasteiger partial charge in [-0.25, -0.2) is 0 Å². The SMILES string of the molecule is [2H]C([2H])([2H])c1cc(-c2ccccc2-c2ccccc2)ccc1N(c1ccccc1)c1c2c(cc3ccccc13)C(C)(C)c1ccccc1-2. The molecule has 1 heteroatoms. The van der Waals surface area contributed by atoms with Crippen molar-refractivity contribution in [3.05, 3.63) is 174 Å². The van der Waals surface area contributed by atoms with Crippen molar-refractivity contribution in [2.45, 2.75) is 26.1 Å². The van der Waals surface area contributed by atoms with E-state index in [0.29, 0.717) is 11.3 Å². The molecule has 0 amide bonds. The summed E-state index contributed by atoms with van der Waals surface area (Å²) in [6, 6.07) is 54.1. The first-order valence-corrected chi connectivity index (χ1v) is 15.5. The molecule has 1 aliphatic rings. The van der Waals surface area contributed by atoms with Gasteiger partial charge in [-0.15, -0.1) is 0 Å². The van der Waals surface area contributed by atoms with Crippen molar-refractivity contribution in [2.24, 2.45) is 0 Å². The number of hydrogen-bond donors (Lipinski definition) is 0. The second-order valence-corrected chi connectivity index (χ2v) is 12.4. The first-order chi connectivity index (χ1) is 23.2. The highest BCUT2D eigenvalue weighted by Crippen LogP contribution is 2.56. The molecule has 0 heterocycles. The van der Waals surface area contributed by atoms with Gasteiger partial charge in [0.05, 0.1) is 5.69 Å². The number of rotatable bonds is 5. The zero-order valence-electron chi connectivity index (χ0n) is 28.5. The monoisotopic (exact) mass is 580 g/mol. The molecule has 0 aliphatic heterocycles. The third-order valence-electron chi connectivity index (χ3n) is 9.36. The van der Waals surface area contributed by atoms with Crippen LogP contribution in [0.15, 0.2) is 158 Å². The van der Waals surface area contributed by atoms with E-state index in [2.05, 4.69) is 116 Å². The van der Waals surface area contributed by atoms with Crippen molar-refractivity contribution in [1.29, 1.82) is 0 Å². The van der Waals surface area contributed by atoms with Crippen molar-refractivity contribution >= 4 is 27.8 Å². The predicted molar refractivity (Wildman–Crippen MR) is 192 cm³/mol. The quantitative estimate of drug-likeness (QED) is 0.196. The fourth-order valence-corrected chi connectivity index (χ4v) is 7.19. The van der Waals surface area contributed by atoms with E-state index in [1.165, 1.54) is 16.7 Å². The van der Waals surface area contributed by atoms with E-state index in [9.17, 15) is 0 Å². The van der Waals surface area contributed by atoms with E-state index in [-0.39, 0.29) is 5.41 Å². The molecule has 0 atom stereocenters. The molecule has 0 bridgehead atoms. The Morgan fingerprint density at radius 1 is 0.533 bits per heavy atom. The number of hydrogen-bond acceptors (Lipinski definition) is 1. The molecule has 0 radical (unpaired) electrons. The summed E-state index contributed by atoms with van der Waals surface area (Å²) in [5.74, 6) is 0. The average molecular weight is 581 g/mol. The number of nitrogens with zero attached hydrogens (tertiary/aromatic N) is 1. The molecule has 45 heavy (non-hydrogen) atoms. The minimum Gasteiger partial charge on any atom is -0.309 e. The lowest BCUT2D eigenvalue weighted by Crippen LogP contribution is -2.17. The smallest absolute Gasteiger partial charge is 0.0621 e. The zero-order chi connectivity index (χ0) is 33.0. The van der Waals surface area contributed by atoms with Crippen molar-refractivity contribution < 1.29 is 4.11 Å². The number of anilines is 3. The first kappa shape index (κ1) is 24.0. The van der Waals surface area contributed by atoms with E-state index in [1.807, 2.05) is 60.7 Å². The molecule has 0 spiro atoms. The van der Waals surface area contributed by atoms with E-state index < -0.39 is 6.85 Å². The van der Waals surface area contributed by atoms with Crippen molar-refractivity contribution in [1.82, 2.24) is 0 Å². The van der Waals surface area contributed by atoms with Crippen LogP contribution in [0.1, 0.15) is 34.7 Å². The van der Waals surface area contributed by atoms with Crippen LogP contribution in [0, 0.1) is 6.85 Å². The molecule has 0 saturated carbocycles. The van der Waals surface area contributed by atoms with Gasteiger partial charge in [-0.2, -0.15) is 0 Å². The average Bonchev–Trinajstić information content (AvgIpc) is 3.34. The van der Waals surface area contributed by atoms with Gasteiger partial charge in [0.2, 0.25) is 0 Å². The summed E-state index contributed by atoms with van der Waals surface area (Å²) in [5.41, 5.74) is 11.5. The van der Waals surface area contributed by atoms with Gasteiger partial charge in [-0.1, -0.05) is 141 Å². The largest absolute Gasteiger partial charge is 0.309 e. The van der Waals surface area contributed by atoms with E-state index in [1.54, 1.807) is 0 Å². The topological polar surface area (TPSA) is 3.24 Å². The molecule has 1 aliphatic carbocycles. The second-order valence-electron chi connectivity index (χ2n) is 12.4. The van der Waals surface area contributed by atoms with Gasteiger partial charge in [0.15, 0.2) is 0 Å². The van der Waals surface area contributed by atoms with E-state index in [4.69, 9.17) is 4.11 Å². The first-order valence-electron chi connectivity index (χ1n) is 17.0. The number of aryl methyl sites for hydroxylation is 1. The second kappa shape index (κ2) is 10.6. The Morgan fingerprint density at radius 3 is 1.91 bits per heavy atom. The van der Waals surface area contributed by atoms with Gasteiger partial charge in [0, 0.05) is 31.9 Å². The van der Waals surface area contributed by atoms with Gasteiger partial charge in [0.25, 0.3) is 0 Å². The number of fused-ring (bicyclic) bond motifs is 4. The van der Waals surface area contributed by atoms with Crippen LogP contribution in [0.2, 0.25) is 0 Å². The van der Waals surface area contributed by atoms with Crippen LogP contribution >= 0.6 is 0 Å². The molecule has 8 rings (SSSR count). The molecule has 7 aromatic carbocycles. The third-order valence-corrected chi connectivity index (χ3v) is 9.36. The van der Waals surface area contributed by atoms with Gasteiger partial charge in [-0.3, -0.25) is 0 Å². The minimum atomic E-state index is -2.38. The Kier molecular flexibility index (Phi) is 5.67. The fourth-order valence-electron chi connectivity index (χ4n) is 7.19. The highest BCUT2D eigenvalue weighted by molar-refractivity contribution is 6.10. The van der Waals surface area contributed by atoms with Crippen molar-refractivity contribution in [3.8, 4) is 33.4 Å². The lowest BCUT2D eigenvalue weighted by molar-refractivity contribution is 0.661. The third kappa shape index (κ3) is 4.38. The molecule has 0 saturated heterocycles. The van der Waals surface area contributed by atoms with Crippen LogP contribution in [0.5, 0.6) is 0 Å². The minimum absolute atomic E-state index is 0.231. The normalized spacial score (nSPS) is 14.2. The summed E-state index contributed by atoms with van der Waals surface area (Å²) in [4.78, 5) is 2.19. The number of benzene rings is 7. The van der Waals surface area contributed by atoms with Crippen LogP contribution in [0.25, 0.3) is 44.2 Å². The Morgan fingerprint density at radius 2 is 1.16 bits per heavy atom. The Hall–Kier alpha value is -5.40. The standard InChI is InChI=1S/C44H35N/c1-30-28-33(36-22-13-12-21-35(36)31-16-6-4-7-17-31)26-27-41(30)45(34-19-8-5-9-20-34)43-37-23-11-10-18-32(37)29-40-42(43)38-24-14-15-25-39(38)44(40,2)3/h4-29H,1-3H3/i1D3. The maximum Gasteiger partial charge on any atom is 0.0621 e. The Balaban J connectivity index is 1.45. The van der Waals surface area contributed by atoms with Gasteiger partial charge in [-0.05, 0) is 87.1 Å². The predicted octanol–water partition coefficient (Wildman–Crippen LogP) is 12.3. The van der Waals surface area contributed by atoms with E-state index in [0.717, 1.165) is 50.0 Å². The molecular formula is C44H35N. The van der Waals surface area contributed by atoms with Crippen LogP contribution in [0.3, 0.4) is 0 Å². The number of para-hydroxylation sites is 1. The zero-order valence-corrected chi connectivity index (χ0v) is 25.5. The summed E-state index contributed by atoms with van der Waals surface area (Å²) >= 11 is 0. The van der Waals surface area contributed by atoms with Crippen molar-refractivity contribution in [2.75, 3.05) is 4.90 Å².